The zero-order valence-corrected chi connectivity index (χ0v) is 32.7. The summed E-state index contributed by atoms with van der Waals surface area (Å²) in [6.07, 6.45) is 10.3. The number of hydrogen-bond acceptors (Lipinski definition) is 7. The van der Waals surface area contributed by atoms with Gasteiger partial charge in [-0.25, -0.2) is 4.68 Å². The number of carbonyl (C=O) groups is 1. The number of anilines is 1. The van der Waals surface area contributed by atoms with Crippen molar-refractivity contribution in [3.8, 4) is 0 Å². The van der Waals surface area contributed by atoms with Crippen LogP contribution in [0.25, 0.3) is 0 Å². The molecule has 1 aromatic heterocycles. The average Bonchev–Trinajstić information content (AvgIpc) is 3.81. The van der Waals surface area contributed by atoms with Crippen molar-refractivity contribution in [1.82, 2.24) is 14.8 Å². The molecule has 9 heteroatoms. The molecule has 5 N–H and O–H groups in total. The molecular weight excluding hydrogens is 626 g/mol. The van der Waals surface area contributed by atoms with Gasteiger partial charge in [0.25, 0.3) is 0 Å². The lowest BCUT2D eigenvalue weighted by Gasteiger charge is -2.71. The summed E-state index contributed by atoms with van der Waals surface area (Å²) >= 11 is 0. The maximum Gasteiger partial charge on any atom is 0.307 e. The number of fused-ring (bicyclic) bond motifs is 3. The number of aliphatic carboxylic acids is 1. The van der Waals surface area contributed by atoms with Gasteiger partial charge in [-0.15, -0.1) is 0 Å². The van der Waals surface area contributed by atoms with E-state index in [1.165, 1.54) is 5.57 Å². The first-order chi connectivity index (χ1) is 23.3. The summed E-state index contributed by atoms with van der Waals surface area (Å²) in [6.45, 7) is 24.4. The molecule has 1 saturated heterocycles. The third kappa shape index (κ3) is 4.97. The highest BCUT2D eigenvalue weighted by molar-refractivity contribution is 5.73. The summed E-state index contributed by atoms with van der Waals surface area (Å²) in [5.74, 6) is 2.35. The normalized spacial score (nSPS) is 44.5. The average molecular weight is 694 g/mol. The molecule has 0 amide bonds. The Morgan fingerprint density at radius 1 is 1.08 bits per heavy atom. The highest BCUT2D eigenvalue weighted by Crippen LogP contribution is 2.75. The van der Waals surface area contributed by atoms with Gasteiger partial charge >= 0.3 is 5.97 Å². The molecule has 7 rings (SSSR count). The van der Waals surface area contributed by atoms with Crippen molar-refractivity contribution >= 4 is 11.9 Å². The first-order valence-electron chi connectivity index (χ1n) is 19.9. The quantitative estimate of drug-likeness (QED) is 0.225. The summed E-state index contributed by atoms with van der Waals surface area (Å²) < 4.78 is 15.8. The van der Waals surface area contributed by atoms with Crippen LogP contribution in [0.15, 0.2) is 11.6 Å². The zero-order chi connectivity index (χ0) is 36.4. The van der Waals surface area contributed by atoms with Crippen LogP contribution < -0.4 is 11.5 Å². The lowest BCUT2D eigenvalue weighted by molar-refractivity contribution is -0.252. The van der Waals surface area contributed by atoms with Gasteiger partial charge in [-0.2, -0.15) is 10.1 Å². The van der Waals surface area contributed by atoms with Gasteiger partial charge in [-0.05, 0) is 104 Å². The van der Waals surface area contributed by atoms with Gasteiger partial charge in [0, 0.05) is 22.3 Å². The van der Waals surface area contributed by atoms with Crippen LogP contribution in [0.1, 0.15) is 138 Å². The topological polar surface area (TPSA) is 139 Å². The van der Waals surface area contributed by atoms with Crippen molar-refractivity contribution in [2.45, 2.75) is 144 Å². The smallest absolute Gasteiger partial charge is 0.307 e. The monoisotopic (exact) mass is 694 g/mol. The lowest BCUT2D eigenvalue weighted by Crippen LogP contribution is -2.69. The van der Waals surface area contributed by atoms with Gasteiger partial charge < -0.3 is 26.0 Å². The van der Waals surface area contributed by atoms with E-state index in [-0.39, 0.29) is 45.1 Å². The number of nitrogens with two attached hydrogens (primary N) is 2. The summed E-state index contributed by atoms with van der Waals surface area (Å²) in [6, 6.07) is -0.114. The van der Waals surface area contributed by atoms with Crippen LogP contribution in [0.2, 0.25) is 0 Å². The molecule has 5 aliphatic carbocycles. The number of ether oxygens (including phenoxy) is 2. The Labute approximate surface area is 301 Å². The number of allylic oxidation sites excluding steroid dienone is 1. The minimum absolute atomic E-state index is 0.114. The van der Waals surface area contributed by atoms with E-state index < -0.39 is 17.4 Å². The van der Waals surface area contributed by atoms with Gasteiger partial charge in [0.05, 0.1) is 37.9 Å². The van der Waals surface area contributed by atoms with Crippen molar-refractivity contribution in [2.24, 2.45) is 68.3 Å². The zero-order valence-electron chi connectivity index (χ0n) is 32.7. The number of carboxylic acid groups (broad SMARTS) is 1. The predicted molar refractivity (Wildman–Crippen MR) is 196 cm³/mol. The second-order valence-corrected chi connectivity index (χ2v) is 20.1. The fraction of sp³-hybridized carbons (Fsp3) is 0.878. The van der Waals surface area contributed by atoms with Crippen LogP contribution >= 0.6 is 0 Å². The number of hydrogen-bond donors (Lipinski definition) is 3. The lowest BCUT2D eigenvalue weighted by atomic mass is 9.34. The van der Waals surface area contributed by atoms with Gasteiger partial charge in [0.15, 0.2) is 5.82 Å². The molecule has 6 aliphatic rings. The fourth-order valence-corrected chi connectivity index (χ4v) is 12.7. The fourth-order valence-electron chi connectivity index (χ4n) is 12.7. The molecule has 1 aromatic rings. The number of nitrogens with zero attached hydrogens (tertiary/aromatic N) is 3. The van der Waals surface area contributed by atoms with E-state index in [2.05, 4.69) is 75.3 Å². The van der Waals surface area contributed by atoms with Crippen molar-refractivity contribution in [3.63, 3.8) is 0 Å². The van der Waals surface area contributed by atoms with Crippen LogP contribution in [0.3, 0.4) is 0 Å². The molecule has 280 valence electrons. The molecule has 0 aromatic carbocycles. The highest BCUT2D eigenvalue weighted by Gasteiger charge is 2.72. The van der Waals surface area contributed by atoms with Crippen molar-refractivity contribution < 1.29 is 19.4 Å². The van der Waals surface area contributed by atoms with Crippen LogP contribution in [0, 0.1) is 62.6 Å². The largest absolute Gasteiger partial charge is 0.481 e. The van der Waals surface area contributed by atoms with Gasteiger partial charge in [-0.1, -0.05) is 74.0 Å². The summed E-state index contributed by atoms with van der Waals surface area (Å²) in [5, 5.41) is 16.2. The second kappa shape index (κ2) is 11.8. The summed E-state index contributed by atoms with van der Waals surface area (Å²) in [7, 11) is 0. The Morgan fingerprint density at radius 3 is 2.40 bits per heavy atom. The number of rotatable bonds is 9. The molecule has 4 saturated carbocycles. The maximum absolute atomic E-state index is 13.5. The highest BCUT2D eigenvalue weighted by atomic mass is 16.5. The summed E-state index contributed by atoms with van der Waals surface area (Å²) in [4.78, 5) is 18.3. The molecular formula is C41H67N5O4. The van der Waals surface area contributed by atoms with E-state index >= 15 is 0 Å². The third-order valence-electron chi connectivity index (χ3n) is 16.9. The molecule has 0 unspecified atom stereocenters. The van der Waals surface area contributed by atoms with E-state index in [0.717, 1.165) is 57.2 Å². The molecule has 5 fully saturated rings. The molecule has 2 heterocycles. The van der Waals surface area contributed by atoms with Crippen LogP contribution in [-0.2, 0) is 14.3 Å². The molecule has 0 spiro atoms. The van der Waals surface area contributed by atoms with E-state index in [9.17, 15) is 9.90 Å². The van der Waals surface area contributed by atoms with Crippen molar-refractivity contribution in [3.05, 3.63) is 17.5 Å². The molecule has 9 nitrogen and oxygen atoms in total. The third-order valence-corrected chi connectivity index (χ3v) is 16.9. The maximum atomic E-state index is 13.5. The van der Waals surface area contributed by atoms with E-state index in [1.54, 1.807) is 0 Å². The Morgan fingerprint density at radius 2 is 1.78 bits per heavy atom. The second-order valence-electron chi connectivity index (χ2n) is 20.1. The van der Waals surface area contributed by atoms with Gasteiger partial charge in [0.1, 0.15) is 0 Å². The SMILES string of the molecule is CC(C)[C@@H](C)[C@@]1(C)CC[C@]2(C)[C@H]3CC[C@@H]4[C@@]5(COC[C@]4(C)[C@@H](OC[C@](C)(N)C(C)C)[C@H](n4nc(C6CC6)nc4N)C5)C3=CC[C@@]2(C)[C@@H]1C(=O)O. The Bertz CT molecular complexity index is 1530. The van der Waals surface area contributed by atoms with Gasteiger partial charge in [0.2, 0.25) is 5.95 Å². The molecule has 0 radical (unpaired) electrons. The van der Waals surface area contributed by atoms with Crippen molar-refractivity contribution in [1.29, 1.82) is 0 Å². The van der Waals surface area contributed by atoms with Crippen molar-refractivity contribution in [2.75, 3.05) is 25.6 Å². The van der Waals surface area contributed by atoms with E-state index in [0.29, 0.717) is 55.4 Å². The van der Waals surface area contributed by atoms with Crippen LogP contribution in [0.4, 0.5) is 5.95 Å². The minimum atomic E-state index is -0.621. The summed E-state index contributed by atoms with van der Waals surface area (Å²) in [5.41, 5.74) is 13.4. The molecule has 2 bridgehead atoms. The molecule has 12 atom stereocenters. The predicted octanol–water partition coefficient (Wildman–Crippen LogP) is 7.63. The first-order valence-corrected chi connectivity index (χ1v) is 19.9. The Kier molecular flexibility index (Phi) is 8.56. The number of aromatic nitrogens is 3. The first kappa shape index (κ1) is 36.4. The molecule has 1 aliphatic heterocycles. The van der Waals surface area contributed by atoms with E-state index in [1.807, 2.05) is 4.68 Å². The molecule has 50 heavy (non-hydrogen) atoms. The minimum Gasteiger partial charge on any atom is -0.481 e. The number of nitrogen functional groups attached to an aromatic ring is 1. The standard InChI is InChI=1S/C41H67N5O4/c1-23(2)25(5)36(6)17-18-38(8)27-13-14-30-37(7)20-49-22-41(30,28(27)15-16-39(38,9)31(36)34(47)48)19-29(32(37)50-21-40(10,43)24(3)4)46-35(42)44-33(45-46)26-11-12-26/h15,23-27,29-32H,11-14,16-22,43H2,1-10H3,(H,47,48)(H2,42,44,45)/t25-,27+,29-,30+,31-,32+,36-,37+,38-,39+,40+,41+/m1/s1. The van der Waals surface area contributed by atoms with Crippen LogP contribution in [0.5, 0.6) is 0 Å². The Hall–Kier alpha value is -1.97. The van der Waals surface area contributed by atoms with E-state index in [4.69, 9.17) is 31.0 Å². The number of carboxylic acids is 1. The van der Waals surface area contributed by atoms with Gasteiger partial charge in [-0.3, -0.25) is 4.79 Å². The van der Waals surface area contributed by atoms with Crippen LogP contribution in [-0.4, -0.2) is 57.3 Å². The Balaban J connectivity index is 1.33.